The number of ether oxygens (including phenoxy) is 3. The molecule has 8 heteroatoms. The van der Waals surface area contributed by atoms with Gasteiger partial charge in [-0.3, -0.25) is 4.90 Å². The van der Waals surface area contributed by atoms with Crippen molar-refractivity contribution in [2.75, 3.05) is 20.8 Å². The molecular weight excluding hydrogens is 460 g/mol. The quantitative estimate of drug-likeness (QED) is 0.429. The Balaban J connectivity index is 1.66. The van der Waals surface area contributed by atoms with Crippen LogP contribution in [0, 0.1) is 5.92 Å². The molecule has 3 N–H and O–H groups in total. The standard InChI is InChI=1S/C28H36N2O6/c1-18-25(27(32)36-17-19-8-5-4-6-9-19)26(20-10-7-11-22(31)14-20)29-28(33)30(18)16-21-12-13-23(34-2)15-24(21)35-3/h7,10-15,19,26-27,31-32H,4-6,8-9,16-17H2,1-3H3,(H,29,33). The van der Waals surface area contributed by atoms with E-state index < -0.39 is 12.3 Å². The zero-order valence-electron chi connectivity index (χ0n) is 21.2. The zero-order valence-corrected chi connectivity index (χ0v) is 21.2. The number of urea groups is 1. The van der Waals surface area contributed by atoms with Crippen LogP contribution < -0.4 is 14.8 Å². The maximum Gasteiger partial charge on any atom is 0.322 e. The van der Waals surface area contributed by atoms with Crippen LogP contribution in [0.5, 0.6) is 17.2 Å². The van der Waals surface area contributed by atoms with Crippen molar-refractivity contribution in [3.63, 3.8) is 0 Å². The highest BCUT2D eigenvalue weighted by atomic mass is 16.6. The van der Waals surface area contributed by atoms with Crippen LogP contribution >= 0.6 is 0 Å². The summed E-state index contributed by atoms with van der Waals surface area (Å²) in [7, 11) is 3.16. The number of methoxy groups -OCH3 is 2. The predicted octanol–water partition coefficient (Wildman–Crippen LogP) is 4.87. The van der Waals surface area contributed by atoms with E-state index in [1.54, 1.807) is 43.4 Å². The second kappa shape index (κ2) is 11.7. The average Bonchev–Trinajstić information content (AvgIpc) is 2.90. The fourth-order valence-corrected chi connectivity index (χ4v) is 5.10. The number of allylic oxidation sites excluding steroid dienone is 1. The molecule has 0 aromatic heterocycles. The highest BCUT2D eigenvalue weighted by Crippen LogP contribution is 2.36. The van der Waals surface area contributed by atoms with Gasteiger partial charge < -0.3 is 29.7 Å². The minimum Gasteiger partial charge on any atom is -0.508 e. The van der Waals surface area contributed by atoms with E-state index >= 15 is 0 Å². The van der Waals surface area contributed by atoms with E-state index in [9.17, 15) is 15.0 Å². The van der Waals surface area contributed by atoms with Crippen LogP contribution in [0.3, 0.4) is 0 Å². The summed E-state index contributed by atoms with van der Waals surface area (Å²) in [5.74, 6) is 1.76. The second-order valence-electron chi connectivity index (χ2n) is 9.47. The summed E-state index contributed by atoms with van der Waals surface area (Å²) >= 11 is 0. The van der Waals surface area contributed by atoms with Gasteiger partial charge in [0.25, 0.3) is 0 Å². The lowest BCUT2D eigenvalue weighted by Crippen LogP contribution is -2.48. The minimum atomic E-state index is -1.21. The first-order chi connectivity index (χ1) is 17.4. The second-order valence-corrected chi connectivity index (χ2v) is 9.47. The molecule has 36 heavy (non-hydrogen) atoms. The molecule has 2 amide bonds. The van der Waals surface area contributed by atoms with Gasteiger partial charge in [0.2, 0.25) is 0 Å². The number of nitrogens with zero attached hydrogens (tertiary/aromatic N) is 1. The number of carbonyl (C=O) groups excluding carboxylic acids is 1. The Morgan fingerprint density at radius 2 is 1.86 bits per heavy atom. The molecule has 2 aromatic carbocycles. The summed E-state index contributed by atoms with van der Waals surface area (Å²) in [5.41, 5.74) is 2.60. The van der Waals surface area contributed by atoms with Crippen LogP contribution in [0.1, 0.15) is 56.2 Å². The minimum absolute atomic E-state index is 0.0850. The molecule has 1 heterocycles. The Kier molecular flexibility index (Phi) is 8.38. The summed E-state index contributed by atoms with van der Waals surface area (Å²) in [4.78, 5) is 14.9. The number of benzene rings is 2. The van der Waals surface area contributed by atoms with Crippen LogP contribution in [0.25, 0.3) is 0 Å². The first kappa shape index (κ1) is 25.9. The molecular formula is C28H36N2O6. The summed E-state index contributed by atoms with van der Waals surface area (Å²) in [6.07, 6.45) is 4.61. The van der Waals surface area contributed by atoms with Crippen molar-refractivity contribution in [1.29, 1.82) is 0 Å². The molecule has 0 bridgehead atoms. The fraction of sp³-hybridized carbons (Fsp3) is 0.464. The van der Waals surface area contributed by atoms with Crippen molar-refractivity contribution in [1.82, 2.24) is 10.2 Å². The van der Waals surface area contributed by atoms with E-state index in [4.69, 9.17) is 14.2 Å². The molecule has 0 spiro atoms. The molecule has 1 aliphatic heterocycles. The third-order valence-electron chi connectivity index (χ3n) is 7.15. The fourth-order valence-electron chi connectivity index (χ4n) is 5.10. The van der Waals surface area contributed by atoms with Gasteiger partial charge >= 0.3 is 6.03 Å². The van der Waals surface area contributed by atoms with Gasteiger partial charge in [0, 0.05) is 22.9 Å². The van der Waals surface area contributed by atoms with E-state index in [1.165, 1.54) is 19.3 Å². The predicted molar refractivity (Wildman–Crippen MR) is 136 cm³/mol. The summed E-state index contributed by atoms with van der Waals surface area (Å²) in [5, 5.41) is 24.3. The first-order valence-electron chi connectivity index (χ1n) is 12.5. The van der Waals surface area contributed by atoms with Crippen molar-refractivity contribution < 1.29 is 29.2 Å². The van der Waals surface area contributed by atoms with Gasteiger partial charge in [0.1, 0.15) is 17.2 Å². The number of aliphatic hydroxyl groups excluding tert-OH is 1. The summed E-state index contributed by atoms with van der Waals surface area (Å²) in [6, 6.07) is 11.2. The number of rotatable bonds is 9. The zero-order chi connectivity index (χ0) is 25.7. The van der Waals surface area contributed by atoms with Crippen molar-refractivity contribution in [3.05, 3.63) is 64.9 Å². The Labute approximate surface area is 212 Å². The summed E-state index contributed by atoms with van der Waals surface area (Å²) < 4.78 is 16.8. The molecule has 0 radical (unpaired) electrons. The van der Waals surface area contributed by atoms with Crippen molar-refractivity contribution >= 4 is 6.03 Å². The Morgan fingerprint density at radius 3 is 2.56 bits per heavy atom. The maximum absolute atomic E-state index is 13.3. The lowest BCUT2D eigenvalue weighted by molar-refractivity contribution is -0.0925. The van der Waals surface area contributed by atoms with Gasteiger partial charge in [0.15, 0.2) is 6.29 Å². The molecule has 2 atom stereocenters. The van der Waals surface area contributed by atoms with Crippen LogP contribution in [-0.4, -0.2) is 48.3 Å². The van der Waals surface area contributed by atoms with Crippen LogP contribution in [0.2, 0.25) is 0 Å². The summed E-state index contributed by atoms with van der Waals surface area (Å²) in [6.45, 7) is 2.51. The Bertz CT molecular complexity index is 1100. The Morgan fingerprint density at radius 1 is 1.08 bits per heavy atom. The van der Waals surface area contributed by atoms with Crippen LogP contribution in [-0.2, 0) is 11.3 Å². The maximum atomic E-state index is 13.3. The molecule has 2 unspecified atom stereocenters. The SMILES string of the molecule is COc1ccc(CN2C(=O)NC(c3cccc(O)c3)C(C(O)OCC3CCCCC3)=C2C)c(OC)c1. The number of hydrogen-bond acceptors (Lipinski definition) is 6. The van der Waals surface area contributed by atoms with E-state index in [-0.39, 0.29) is 18.3 Å². The lowest BCUT2D eigenvalue weighted by Gasteiger charge is -2.38. The number of phenols is 1. The first-order valence-corrected chi connectivity index (χ1v) is 12.5. The third kappa shape index (κ3) is 5.77. The number of aliphatic hydroxyl groups is 1. The molecule has 4 rings (SSSR count). The number of hydrogen-bond donors (Lipinski definition) is 3. The topological polar surface area (TPSA) is 100 Å². The van der Waals surface area contributed by atoms with Gasteiger partial charge in [-0.25, -0.2) is 4.79 Å². The highest BCUT2D eigenvalue weighted by molar-refractivity contribution is 5.79. The third-order valence-corrected chi connectivity index (χ3v) is 7.15. The normalized spacial score (nSPS) is 19.7. The van der Waals surface area contributed by atoms with E-state index in [2.05, 4.69) is 5.32 Å². The molecule has 2 aliphatic rings. The Hall–Kier alpha value is -3.23. The largest absolute Gasteiger partial charge is 0.508 e. The monoisotopic (exact) mass is 496 g/mol. The van der Waals surface area contributed by atoms with E-state index in [1.807, 2.05) is 25.1 Å². The van der Waals surface area contributed by atoms with E-state index in [0.717, 1.165) is 18.4 Å². The van der Waals surface area contributed by atoms with Crippen molar-refractivity contribution in [3.8, 4) is 17.2 Å². The van der Waals surface area contributed by atoms with Gasteiger partial charge in [-0.2, -0.15) is 0 Å². The van der Waals surface area contributed by atoms with Gasteiger partial charge in [0.05, 0.1) is 33.4 Å². The highest BCUT2D eigenvalue weighted by Gasteiger charge is 2.36. The molecule has 1 fully saturated rings. The van der Waals surface area contributed by atoms with Gasteiger partial charge in [-0.15, -0.1) is 0 Å². The number of carbonyl (C=O) groups is 1. The molecule has 1 aliphatic carbocycles. The average molecular weight is 497 g/mol. The number of aromatic hydroxyl groups is 1. The van der Waals surface area contributed by atoms with Crippen molar-refractivity contribution in [2.45, 2.75) is 57.9 Å². The number of phenolic OH excluding ortho intramolecular Hbond substituents is 1. The molecule has 8 nitrogen and oxygen atoms in total. The number of amides is 2. The smallest absolute Gasteiger partial charge is 0.322 e. The van der Waals surface area contributed by atoms with Crippen molar-refractivity contribution in [2.24, 2.45) is 5.92 Å². The molecule has 0 saturated heterocycles. The van der Waals surface area contributed by atoms with Gasteiger partial charge in [-0.05, 0) is 55.5 Å². The van der Waals surface area contributed by atoms with Crippen LogP contribution in [0.4, 0.5) is 4.79 Å². The van der Waals surface area contributed by atoms with Crippen LogP contribution in [0.15, 0.2) is 53.7 Å². The van der Waals surface area contributed by atoms with Gasteiger partial charge in [-0.1, -0.05) is 31.4 Å². The molecule has 194 valence electrons. The number of nitrogens with one attached hydrogen (secondary N) is 1. The van der Waals surface area contributed by atoms with E-state index in [0.29, 0.717) is 40.9 Å². The molecule has 2 aromatic rings. The lowest BCUT2D eigenvalue weighted by atomic mass is 9.90. The molecule has 1 saturated carbocycles.